The molecule has 0 aromatic heterocycles. The van der Waals surface area contributed by atoms with Crippen LogP contribution in [0.25, 0.3) is 0 Å². The van der Waals surface area contributed by atoms with E-state index in [2.05, 4.69) is 0 Å². The molecule has 0 amide bonds. The average Bonchev–Trinajstić information content (AvgIpc) is 2.10. The Morgan fingerprint density at radius 3 is 0.900 bits per heavy atom. The van der Waals surface area contributed by atoms with Crippen molar-refractivity contribution in [3.05, 3.63) is 0 Å². The predicted octanol–water partition coefficient (Wildman–Crippen LogP) is -1.17. The molecule has 20 heavy (non-hydrogen) atoms. The van der Waals surface area contributed by atoms with E-state index in [0.717, 1.165) is 0 Å². The summed E-state index contributed by atoms with van der Waals surface area (Å²) < 4.78 is 31.6. The van der Waals surface area contributed by atoms with Crippen LogP contribution in [0.1, 0.15) is 19.3 Å². The molecule has 0 spiro atoms. The third-order valence-electron chi connectivity index (χ3n) is 0.855. The Bertz CT molecular complexity index is 401. The zero-order chi connectivity index (χ0) is 16.9. The maximum absolute atomic E-state index is 9.64. The number of carboxylic acids is 4. The van der Waals surface area contributed by atoms with Crippen LogP contribution in [-0.2, 0) is 29.6 Å². The molecule has 0 rings (SSSR count). The van der Waals surface area contributed by atoms with Gasteiger partial charge in [0.1, 0.15) is 6.42 Å². The minimum absolute atomic E-state index is 0.296. The second-order valence-corrected chi connectivity index (χ2v) is 3.60. The molecule has 0 saturated carbocycles. The molecule has 0 atom stereocenters. The largest absolute Gasteiger partial charge is 0.481 e. The van der Waals surface area contributed by atoms with Gasteiger partial charge in [-0.1, -0.05) is 0 Å². The van der Waals surface area contributed by atoms with Crippen LogP contribution in [0.2, 0.25) is 0 Å². The van der Waals surface area contributed by atoms with Crippen LogP contribution in [0.15, 0.2) is 0 Å². The molecule has 0 aromatic carbocycles. The molecule has 13 heteroatoms. The molecule has 0 radical (unpaired) electrons. The molecule has 0 aliphatic heterocycles. The number of carbonyl (C=O) groups is 4. The highest BCUT2D eigenvalue weighted by molar-refractivity contribution is 7.79. The molecule has 0 aliphatic rings. The highest BCUT2D eigenvalue weighted by Crippen LogP contribution is 1.86. The van der Waals surface area contributed by atoms with E-state index in [1.54, 1.807) is 0 Å². The maximum atomic E-state index is 9.64. The van der Waals surface area contributed by atoms with Crippen molar-refractivity contribution in [3.8, 4) is 0 Å². The monoisotopic (exact) mass is 320 g/mol. The van der Waals surface area contributed by atoms with E-state index < -0.39 is 40.7 Å². The Balaban J connectivity index is -0.000000223. The van der Waals surface area contributed by atoms with Crippen LogP contribution in [0, 0.1) is 0 Å². The van der Waals surface area contributed by atoms with Gasteiger partial charge in [-0.25, -0.2) is 0 Å². The number of hydrogen-bond donors (Lipinski definition) is 6. The van der Waals surface area contributed by atoms with E-state index in [1.165, 1.54) is 0 Å². The second-order valence-electron chi connectivity index (χ2n) is 2.70. The number of hydrogen-bond acceptors (Lipinski definition) is 6. The third kappa shape index (κ3) is 75.2. The molecule has 6 N–H and O–H groups in total. The Morgan fingerprint density at radius 2 is 0.850 bits per heavy atom. The fourth-order valence-electron chi connectivity index (χ4n) is 0.343. The summed E-state index contributed by atoms with van der Waals surface area (Å²) >= 11 is 0. The van der Waals surface area contributed by atoms with E-state index >= 15 is 0 Å². The lowest BCUT2D eigenvalue weighted by molar-refractivity contribution is -0.147. The molecular weight excluding hydrogens is 308 g/mol. The van der Waals surface area contributed by atoms with Gasteiger partial charge in [0.15, 0.2) is 0 Å². The van der Waals surface area contributed by atoms with E-state index in [1.807, 2.05) is 0 Å². The van der Waals surface area contributed by atoms with E-state index in [0.29, 0.717) is 0 Å². The van der Waals surface area contributed by atoms with Gasteiger partial charge in [-0.3, -0.25) is 28.3 Å². The molecule has 118 valence electrons. The van der Waals surface area contributed by atoms with E-state index in [-0.39, 0.29) is 12.8 Å². The zero-order valence-corrected chi connectivity index (χ0v) is 10.5. The molecule has 0 heterocycles. The van der Waals surface area contributed by atoms with Crippen LogP contribution >= 0.6 is 0 Å². The maximum Gasteiger partial charge on any atom is 0.394 e. The molecule has 0 aliphatic carbocycles. The van der Waals surface area contributed by atoms with Gasteiger partial charge in [0, 0.05) is 0 Å². The van der Waals surface area contributed by atoms with Crippen LogP contribution < -0.4 is 0 Å². The van der Waals surface area contributed by atoms with Crippen molar-refractivity contribution in [2.75, 3.05) is 0 Å². The summed E-state index contributed by atoms with van der Waals surface area (Å²) in [6.45, 7) is 0. The van der Waals surface area contributed by atoms with Gasteiger partial charge < -0.3 is 20.4 Å². The smallest absolute Gasteiger partial charge is 0.394 e. The zero-order valence-electron chi connectivity index (χ0n) is 9.66. The van der Waals surface area contributed by atoms with Gasteiger partial charge in [-0.05, 0) is 0 Å². The lowest BCUT2D eigenvalue weighted by atomic mass is 10.3. The fraction of sp³-hybridized carbons (Fsp3) is 0.429. The lowest BCUT2D eigenvalue weighted by Gasteiger charge is -1.85. The number of aliphatic carboxylic acids is 4. The molecule has 12 nitrogen and oxygen atoms in total. The lowest BCUT2D eigenvalue weighted by Crippen LogP contribution is -2.03. The average molecular weight is 320 g/mol. The minimum atomic E-state index is -4.67. The summed E-state index contributed by atoms with van der Waals surface area (Å²) in [5, 5.41) is 31.2. The summed E-state index contributed by atoms with van der Waals surface area (Å²) in [6, 6.07) is 0. The molecular formula is C7H12O12S. The summed E-state index contributed by atoms with van der Waals surface area (Å²) in [4.78, 5) is 38.1. The Hall–Kier alpha value is -2.25. The Kier molecular flexibility index (Phi) is 13.5. The summed E-state index contributed by atoms with van der Waals surface area (Å²) in [6.07, 6.45) is -1.40. The third-order valence-corrected chi connectivity index (χ3v) is 0.855. The van der Waals surface area contributed by atoms with Gasteiger partial charge in [-0.2, -0.15) is 8.42 Å². The summed E-state index contributed by atoms with van der Waals surface area (Å²) in [7, 11) is -4.67. The first-order valence-corrected chi connectivity index (χ1v) is 5.72. The van der Waals surface area contributed by atoms with Crippen LogP contribution in [0.3, 0.4) is 0 Å². The normalized spacial score (nSPS) is 9.10. The van der Waals surface area contributed by atoms with E-state index in [4.69, 9.17) is 37.9 Å². The van der Waals surface area contributed by atoms with Gasteiger partial charge >= 0.3 is 34.3 Å². The van der Waals surface area contributed by atoms with Crippen LogP contribution in [-0.4, -0.2) is 61.8 Å². The van der Waals surface area contributed by atoms with Crippen molar-refractivity contribution in [1.29, 1.82) is 0 Å². The van der Waals surface area contributed by atoms with Crippen molar-refractivity contribution in [2.45, 2.75) is 19.3 Å². The first-order valence-electron chi connectivity index (χ1n) is 4.32. The van der Waals surface area contributed by atoms with Gasteiger partial charge in [0.25, 0.3) is 0 Å². The predicted molar refractivity (Wildman–Crippen MR) is 58.6 cm³/mol. The van der Waals surface area contributed by atoms with Gasteiger partial charge in [0.2, 0.25) is 0 Å². The first kappa shape index (κ1) is 22.9. The van der Waals surface area contributed by atoms with E-state index in [9.17, 15) is 19.2 Å². The SMILES string of the molecule is O=C(O)CC(=O)O.O=C(O)CCC(=O)O.O=S(=O)(O)O. The van der Waals surface area contributed by atoms with Crippen molar-refractivity contribution < 1.29 is 57.1 Å². The van der Waals surface area contributed by atoms with Crippen molar-refractivity contribution in [3.63, 3.8) is 0 Å². The summed E-state index contributed by atoms with van der Waals surface area (Å²) in [5.41, 5.74) is 0. The quantitative estimate of drug-likeness (QED) is 0.260. The molecule has 0 bridgehead atoms. The van der Waals surface area contributed by atoms with Crippen molar-refractivity contribution >= 4 is 34.3 Å². The van der Waals surface area contributed by atoms with Crippen LogP contribution in [0.4, 0.5) is 0 Å². The Labute approximate surface area is 111 Å². The van der Waals surface area contributed by atoms with Crippen molar-refractivity contribution in [1.82, 2.24) is 0 Å². The van der Waals surface area contributed by atoms with Gasteiger partial charge in [0.05, 0.1) is 12.8 Å². The molecule has 0 fully saturated rings. The van der Waals surface area contributed by atoms with Crippen molar-refractivity contribution in [2.24, 2.45) is 0 Å². The van der Waals surface area contributed by atoms with Crippen LogP contribution in [0.5, 0.6) is 0 Å². The Morgan fingerprint density at radius 1 is 0.650 bits per heavy atom. The highest BCUT2D eigenvalue weighted by atomic mass is 32.3. The minimum Gasteiger partial charge on any atom is -0.481 e. The molecule has 0 unspecified atom stereocenters. The molecule has 0 aromatic rings. The highest BCUT2D eigenvalue weighted by Gasteiger charge is 2.01. The second kappa shape index (κ2) is 11.8. The number of rotatable bonds is 5. The van der Waals surface area contributed by atoms with Gasteiger partial charge in [-0.15, -0.1) is 0 Å². The first-order chi connectivity index (χ1) is 8.75. The number of carboxylic acid groups (broad SMARTS) is 4. The molecule has 0 saturated heterocycles. The standard InChI is InChI=1S/C4H6O4.C3H4O4.H2O4S/c5-3(6)1-2-4(7)8;4-2(5)1-3(6)7;1-5(2,3)4/h1-2H2,(H,5,6)(H,7,8);1H2,(H,4,5)(H,6,7);(H2,1,2,3,4). The topological polar surface area (TPSA) is 224 Å². The summed E-state index contributed by atoms with van der Waals surface area (Å²) in [5.74, 6) is -4.78. The fourth-order valence-corrected chi connectivity index (χ4v) is 0.343.